The molecule has 0 aliphatic rings. The van der Waals surface area contributed by atoms with E-state index in [1.54, 1.807) is 23.3 Å². The summed E-state index contributed by atoms with van der Waals surface area (Å²) >= 11 is 5.76. The zero-order valence-corrected chi connectivity index (χ0v) is 8.85. The average Bonchev–Trinajstić information content (AvgIpc) is 2.67. The second kappa shape index (κ2) is 4.42. The Bertz CT molecular complexity index is 435. The standard InChI is InChI=1S/C10H11ClN4/c11-9-6-14-15(7-9)10-2-1-8(3-4-12)5-13-10/h1-2,5-7H,3-4,12H2. The summed E-state index contributed by atoms with van der Waals surface area (Å²) in [4.78, 5) is 4.27. The Hall–Kier alpha value is -1.39. The third kappa shape index (κ3) is 2.34. The Balaban J connectivity index is 2.23. The molecule has 0 aliphatic carbocycles. The summed E-state index contributed by atoms with van der Waals surface area (Å²) in [5.74, 6) is 0.752. The van der Waals surface area contributed by atoms with Crippen molar-refractivity contribution in [2.75, 3.05) is 6.54 Å². The number of rotatable bonds is 3. The van der Waals surface area contributed by atoms with Crippen molar-refractivity contribution in [2.24, 2.45) is 5.73 Å². The van der Waals surface area contributed by atoms with Crippen molar-refractivity contribution in [3.8, 4) is 5.82 Å². The zero-order valence-electron chi connectivity index (χ0n) is 8.10. The molecule has 2 rings (SSSR count). The van der Waals surface area contributed by atoms with Gasteiger partial charge < -0.3 is 5.73 Å². The maximum atomic E-state index is 5.76. The van der Waals surface area contributed by atoms with Gasteiger partial charge in [-0.1, -0.05) is 17.7 Å². The molecule has 0 unspecified atom stereocenters. The van der Waals surface area contributed by atoms with Gasteiger partial charge in [0.1, 0.15) is 0 Å². The van der Waals surface area contributed by atoms with Crippen LogP contribution in [0, 0.1) is 0 Å². The molecule has 4 nitrogen and oxygen atoms in total. The first-order valence-electron chi connectivity index (χ1n) is 4.65. The highest BCUT2D eigenvalue weighted by atomic mass is 35.5. The molecule has 0 atom stereocenters. The maximum Gasteiger partial charge on any atom is 0.153 e. The number of nitrogens with two attached hydrogens (primary N) is 1. The lowest BCUT2D eigenvalue weighted by atomic mass is 10.2. The third-order valence-electron chi connectivity index (χ3n) is 2.03. The van der Waals surface area contributed by atoms with E-state index in [1.807, 2.05) is 12.1 Å². The second-order valence-corrected chi connectivity index (χ2v) is 3.60. The van der Waals surface area contributed by atoms with Gasteiger partial charge in [-0.25, -0.2) is 9.67 Å². The largest absolute Gasteiger partial charge is 0.330 e. The minimum Gasteiger partial charge on any atom is -0.330 e. The summed E-state index contributed by atoms with van der Waals surface area (Å²) in [7, 11) is 0. The smallest absolute Gasteiger partial charge is 0.153 e. The summed E-state index contributed by atoms with van der Waals surface area (Å²) < 4.78 is 1.63. The van der Waals surface area contributed by atoms with Gasteiger partial charge in [0.15, 0.2) is 5.82 Å². The van der Waals surface area contributed by atoms with Crippen LogP contribution in [-0.4, -0.2) is 21.3 Å². The number of nitrogens with zero attached hydrogens (tertiary/aromatic N) is 3. The fourth-order valence-electron chi connectivity index (χ4n) is 1.29. The lowest BCUT2D eigenvalue weighted by molar-refractivity contribution is 0.841. The van der Waals surface area contributed by atoms with E-state index in [4.69, 9.17) is 17.3 Å². The van der Waals surface area contributed by atoms with E-state index < -0.39 is 0 Å². The van der Waals surface area contributed by atoms with Crippen molar-refractivity contribution in [3.63, 3.8) is 0 Å². The number of halogens is 1. The van der Waals surface area contributed by atoms with E-state index in [0.717, 1.165) is 17.8 Å². The summed E-state index contributed by atoms with van der Waals surface area (Å²) in [6, 6.07) is 3.89. The van der Waals surface area contributed by atoms with Crippen LogP contribution < -0.4 is 5.73 Å². The topological polar surface area (TPSA) is 56.7 Å². The zero-order chi connectivity index (χ0) is 10.7. The summed E-state index contributed by atoms with van der Waals surface area (Å²) in [5, 5.41) is 4.66. The quantitative estimate of drug-likeness (QED) is 0.855. The molecule has 0 aromatic carbocycles. The van der Waals surface area contributed by atoms with Gasteiger partial charge >= 0.3 is 0 Å². The number of hydrogen-bond acceptors (Lipinski definition) is 3. The van der Waals surface area contributed by atoms with Crippen LogP contribution in [0.15, 0.2) is 30.7 Å². The molecule has 0 fully saturated rings. The predicted molar refractivity (Wildman–Crippen MR) is 59.1 cm³/mol. The Labute approximate surface area is 92.7 Å². The SMILES string of the molecule is NCCc1ccc(-n2cc(Cl)cn2)nc1. The third-order valence-corrected chi connectivity index (χ3v) is 2.22. The Morgan fingerprint density at radius 3 is 2.73 bits per heavy atom. The van der Waals surface area contributed by atoms with E-state index in [-0.39, 0.29) is 0 Å². The van der Waals surface area contributed by atoms with Crippen molar-refractivity contribution >= 4 is 11.6 Å². The van der Waals surface area contributed by atoms with Crippen LogP contribution in [0.5, 0.6) is 0 Å². The molecule has 0 amide bonds. The Kier molecular flexibility index (Phi) is 2.99. The number of aromatic nitrogens is 3. The molecule has 0 saturated carbocycles. The molecule has 2 N–H and O–H groups in total. The van der Waals surface area contributed by atoms with Crippen LogP contribution in [-0.2, 0) is 6.42 Å². The van der Waals surface area contributed by atoms with Crippen molar-refractivity contribution in [3.05, 3.63) is 41.3 Å². The van der Waals surface area contributed by atoms with Gasteiger partial charge in [-0.2, -0.15) is 5.10 Å². The molecule has 2 aromatic rings. The Morgan fingerprint density at radius 1 is 1.33 bits per heavy atom. The molecule has 0 radical (unpaired) electrons. The second-order valence-electron chi connectivity index (χ2n) is 3.17. The predicted octanol–water partition coefficient (Wildman–Crippen LogP) is 1.42. The summed E-state index contributed by atoms with van der Waals surface area (Å²) in [6.45, 7) is 0.634. The van der Waals surface area contributed by atoms with E-state index in [1.165, 1.54) is 0 Å². The Morgan fingerprint density at radius 2 is 2.20 bits per heavy atom. The van der Waals surface area contributed by atoms with Crippen LogP contribution >= 0.6 is 11.6 Å². The summed E-state index contributed by atoms with van der Waals surface area (Å²) in [6.07, 6.45) is 5.94. The lowest BCUT2D eigenvalue weighted by Gasteiger charge is -2.01. The van der Waals surface area contributed by atoms with Crippen LogP contribution in [0.25, 0.3) is 5.82 Å². The van der Waals surface area contributed by atoms with Crippen LogP contribution in [0.1, 0.15) is 5.56 Å². The maximum absolute atomic E-state index is 5.76. The fraction of sp³-hybridized carbons (Fsp3) is 0.200. The number of pyridine rings is 1. The molecule has 2 aromatic heterocycles. The molecular formula is C10H11ClN4. The first kappa shape index (κ1) is 10.1. The number of hydrogen-bond donors (Lipinski definition) is 1. The molecule has 78 valence electrons. The lowest BCUT2D eigenvalue weighted by Crippen LogP contribution is -2.04. The van der Waals surface area contributed by atoms with Gasteiger partial charge in [0.05, 0.1) is 17.4 Å². The first-order valence-corrected chi connectivity index (χ1v) is 5.03. The van der Waals surface area contributed by atoms with Crippen LogP contribution in [0.3, 0.4) is 0 Å². The molecule has 2 heterocycles. The molecular weight excluding hydrogens is 212 g/mol. The van der Waals surface area contributed by atoms with Gasteiger partial charge in [-0.3, -0.25) is 0 Å². The first-order chi connectivity index (χ1) is 7.29. The van der Waals surface area contributed by atoms with Crippen LogP contribution in [0.2, 0.25) is 5.02 Å². The van der Waals surface area contributed by atoms with E-state index in [9.17, 15) is 0 Å². The minimum absolute atomic E-state index is 0.600. The average molecular weight is 223 g/mol. The van der Waals surface area contributed by atoms with Gasteiger partial charge in [0.2, 0.25) is 0 Å². The van der Waals surface area contributed by atoms with Gasteiger partial charge in [0, 0.05) is 6.20 Å². The highest BCUT2D eigenvalue weighted by Crippen LogP contribution is 2.10. The molecule has 0 saturated heterocycles. The highest BCUT2D eigenvalue weighted by molar-refractivity contribution is 6.30. The van der Waals surface area contributed by atoms with Crippen molar-refractivity contribution in [1.29, 1.82) is 0 Å². The normalized spacial score (nSPS) is 10.5. The fourth-order valence-corrected chi connectivity index (χ4v) is 1.43. The minimum atomic E-state index is 0.600. The molecule has 0 spiro atoms. The van der Waals surface area contributed by atoms with E-state index >= 15 is 0 Å². The van der Waals surface area contributed by atoms with E-state index in [0.29, 0.717) is 11.6 Å². The van der Waals surface area contributed by atoms with Crippen molar-refractivity contribution in [2.45, 2.75) is 6.42 Å². The molecule has 15 heavy (non-hydrogen) atoms. The van der Waals surface area contributed by atoms with Crippen molar-refractivity contribution in [1.82, 2.24) is 14.8 Å². The molecule has 0 bridgehead atoms. The van der Waals surface area contributed by atoms with Crippen LogP contribution in [0.4, 0.5) is 0 Å². The van der Waals surface area contributed by atoms with Gasteiger partial charge in [-0.05, 0) is 24.6 Å². The highest BCUT2D eigenvalue weighted by Gasteiger charge is 2.00. The monoisotopic (exact) mass is 222 g/mol. The molecule has 0 aliphatic heterocycles. The summed E-state index contributed by atoms with van der Waals surface area (Å²) in [5.41, 5.74) is 6.57. The van der Waals surface area contributed by atoms with Crippen molar-refractivity contribution < 1.29 is 0 Å². The van der Waals surface area contributed by atoms with E-state index in [2.05, 4.69) is 10.1 Å². The molecule has 5 heteroatoms. The van der Waals surface area contributed by atoms with Gasteiger partial charge in [-0.15, -0.1) is 0 Å². The van der Waals surface area contributed by atoms with Gasteiger partial charge in [0.25, 0.3) is 0 Å².